The molecule has 1 atom stereocenters. The minimum Gasteiger partial charge on any atom is -0.493 e. The predicted molar refractivity (Wildman–Crippen MR) is 113 cm³/mol. The first-order valence-electron chi connectivity index (χ1n) is 10.1. The monoisotopic (exact) mass is 403 g/mol. The molecule has 28 heavy (non-hydrogen) atoms. The van der Waals surface area contributed by atoms with Crippen LogP contribution in [0.5, 0.6) is 11.5 Å². The third kappa shape index (κ3) is 4.90. The number of amides is 2. The van der Waals surface area contributed by atoms with Gasteiger partial charge in [-0.05, 0) is 67.6 Å². The number of nitrogens with zero attached hydrogens (tertiary/aromatic N) is 1. The van der Waals surface area contributed by atoms with Crippen molar-refractivity contribution in [3.8, 4) is 11.5 Å². The number of ether oxygens (including phenoxy) is 2. The quantitative estimate of drug-likeness (QED) is 0.564. The van der Waals surface area contributed by atoms with Gasteiger partial charge in [-0.25, -0.2) is 0 Å². The molecule has 1 aliphatic heterocycles. The molecule has 0 aromatic heterocycles. The molecule has 1 aliphatic carbocycles. The van der Waals surface area contributed by atoms with Crippen LogP contribution in [0, 0.1) is 5.92 Å². The molecule has 5 nitrogen and oxygen atoms in total. The molecule has 152 valence electrons. The molecule has 2 aliphatic rings. The summed E-state index contributed by atoms with van der Waals surface area (Å²) < 4.78 is 11.3. The molecule has 1 aromatic carbocycles. The highest BCUT2D eigenvalue weighted by Crippen LogP contribution is 2.36. The first-order chi connectivity index (χ1) is 13.5. The van der Waals surface area contributed by atoms with Crippen LogP contribution in [0.25, 0.3) is 6.08 Å². The number of thioether (sulfide) groups is 1. The molecular formula is C22H29NO4S. The van der Waals surface area contributed by atoms with E-state index in [1.165, 1.54) is 24.2 Å². The van der Waals surface area contributed by atoms with Crippen molar-refractivity contribution >= 4 is 29.0 Å². The topological polar surface area (TPSA) is 55.8 Å². The van der Waals surface area contributed by atoms with E-state index in [0.29, 0.717) is 28.9 Å². The van der Waals surface area contributed by atoms with Crippen molar-refractivity contribution < 1.29 is 19.1 Å². The highest BCUT2D eigenvalue weighted by atomic mass is 32.2. The summed E-state index contributed by atoms with van der Waals surface area (Å²) in [7, 11) is 1.60. The van der Waals surface area contributed by atoms with Crippen LogP contribution in [0.4, 0.5) is 4.79 Å². The fourth-order valence-corrected chi connectivity index (χ4v) is 4.46. The highest BCUT2D eigenvalue weighted by Gasteiger charge is 2.36. The number of rotatable bonds is 7. The van der Waals surface area contributed by atoms with Gasteiger partial charge in [0.2, 0.25) is 0 Å². The zero-order valence-electron chi connectivity index (χ0n) is 16.9. The van der Waals surface area contributed by atoms with Crippen molar-refractivity contribution in [1.82, 2.24) is 4.90 Å². The lowest BCUT2D eigenvalue weighted by Crippen LogP contribution is -2.34. The Balaban J connectivity index is 1.73. The molecule has 0 unspecified atom stereocenters. The molecule has 0 spiro atoms. The van der Waals surface area contributed by atoms with E-state index in [2.05, 4.69) is 6.92 Å². The van der Waals surface area contributed by atoms with Gasteiger partial charge in [-0.2, -0.15) is 0 Å². The largest absolute Gasteiger partial charge is 0.493 e. The van der Waals surface area contributed by atoms with Crippen LogP contribution in [-0.2, 0) is 4.79 Å². The number of carbonyl (C=O) groups excluding carboxylic acids is 2. The maximum absolute atomic E-state index is 12.8. The van der Waals surface area contributed by atoms with E-state index in [9.17, 15) is 9.59 Å². The molecule has 1 heterocycles. The van der Waals surface area contributed by atoms with Gasteiger partial charge in [0, 0.05) is 6.54 Å². The molecule has 0 radical (unpaired) electrons. The van der Waals surface area contributed by atoms with E-state index >= 15 is 0 Å². The lowest BCUT2D eigenvalue weighted by atomic mass is 9.89. The molecule has 1 saturated carbocycles. The average Bonchev–Trinajstić information content (AvgIpc) is 2.97. The van der Waals surface area contributed by atoms with E-state index in [0.717, 1.165) is 36.6 Å². The number of benzene rings is 1. The number of methoxy groups -OCH3 is 1. The summed E-state index contributed by atoms with van der Waals surface area (Å²) in [5.74, 6) is 1.56. The van der Waals surface area contributed by atoms with Gasteiger partial charge < -0.3 is 9.47 Å². The van der Waals surface area contributed by atoms with Gasteiger partial charge >= 0.3 is 0 Å². The molecule has 6 heteroatoms. The Morgan fingerprint density at radius 3 is 2.64 bits per heavy atom. The standard InChI is InChI=1S/C22H29NO4S/c1-4-15(2)27-18-11-10-17(12-19(18)26-3)13-20-21(24)23(22(25)28-20)14-16-8-6-5-7-9-16/h10-13,15-16H,4-9,14H2,1-3H3/b20-13+/t15-/m1/s1. The van der Waals surface area contributed by atoms with Crippen LogP contribution in [0.2, 0.25) is 0 Å². The van der Waals surface area contributed by atoms with E-state index in [4.69, 9.17) is 9.47 Å². The minimum absolute atomic E-state index is 0.0936. The summed E-state index contributed by atoms with van der Waals surface area (Å²) in [4.78, 5) is 27.0. The van der Waals surface area contributed by atoms with Gasteiger partial charge in [-0.3, -0.25) is 14.5 Å². The van der Waals surface area contributed by atoms with E-state index in [1.807, 2.05) is 25.1 Å². The van der Waals surface area contributed by atoms with Crippen molar-refractivity contribution in [3.63, 3.8) is 0 Å². The molecule has 0 bridgehead atoms. The van der Waals surface area contributed by atoms with Crippen LogP contribution in [0.1, 0.15) is 57.9 Å². The number of imide groups is 1. The van der Waals surface area contributed by atoms with E-state index < -0.39 is 0 Å². The van der Waals surface area contributed by atoms with Crippen molar-refractivity contribution in [1.29, 1.82) is 0 Å². The molecular weight excluding hydrogens is 374 g/mol. The Hall–Kier alpha value is -1.95. The van der Waals surface area contributed by atoms with Gasteiger partial charge in [0.25, 0.3) is 11.1 Å². The Morgan fingerprint density at radius 1 is 1.21 bits per heavy atom. The predicted octanol–water partition coefficient (Wildman–Crippen LogP) is 5.49. The molecule has 1 saturated heterocycles. The fourth-order valence-electron chi connectivity index (χ4n) is 3.61. The lowest BCUT2D eigenvalue weighted by Gasteiger charge is -2.25. The smallest absolute Gasteiger partial charge is 0.293 e. The zero-order valence-corrected chi connectivity index (χ0v) is 17.7. The Bertz CT molecular complexity index is 755. The second-order valence-electron chi connectivity index (χ2n) is 7.54. The second-order valence-corrected chi connectivity index (χ2v) is 8.54. The number of hydrogen-bond acceptors (Lipinski definition) is 5. The summed E-state index contributed by atoms with van der Waals surface area (Å²) in [5.41, 5.74) is 0.816. The lowest BCUT2D eigenvalue weighted by molar-refractivity contribution is -0.123. The molecule has 0 N–H and O–H groups in total. The van der Waals surface area contributed by atoms with Crippen molar-refractivity contribution in [2.75, 3.05) is 13.7 Å². The van der Waals surface area contributed by atoms with Gasteiger partial charge in [-0.15, -0.1) is 0 Å². The van der Waals surface area contributed by atoms with Crippen LogP contribution in [0.15, 0.2) is 23.1 Å². The zero-order chi connectivity index (χ0) is 20.1. The van der Waals surface area contributed by atoms with E-state index in [1.54, 1.807) is 13.2 Å². The number of carbonyl (C=O) groups is 2. The first kappa shape index (κ1) is 20.8. The Morgan fingerprint density at radius 2 is 1.96 bits per heavy atom. The second kappa shape index (κ2) is 9.50. The molecule has 1 aromatic rings. The summed E-state index contributed by atoms with van der Waals surface area (Å²) in [6.07, 6.45) is 8.63. The van der Waals surface area contributed by atoms with Gasteiger partial charge in [0.15, 0.2) is 11.5 Å². The average molecular weight is 404 g/mol. The third-order valence-corrected chi connectivity index (χ3v) is 6.34. The normalized spacial score (nSPS) is 20.7. The molecule has 2 fully saturated rings. The summed E-state index contributed by atoms with van der Waals surface area (Å²) in [5, 5.41) is -0.162. The van der Waals surface area contributed by atoms with Gasteiger partial charge in [0.05, 0.1) is 18.1 Å². The molecule has 2 amide bonds. The highest BCUT2D eigenvalue weighted by molar-refractivity contribution is 8.18. The first-order valence-corrected chi connectivity index (χ1v) is 10.9. The summed E-state index contributed by atoms with van der Waals surface area (Å²) >= 11 is 1.02. The fraction of sp³-hybridized carbons (Fsp3) is 0.545. The van der Waals surface area contributed by atoms with Crippen molar-refractivity contribution in [3.05, 3.63) is 28.7 Å². The third-order valence-electron chi connectivity index (χ3n) is 5.43. The maximum atomic E-state index is 12.8. The van der Waals surface area contributed by atoms with Crippen LogP contribution in [0.3, 0.4) is 0 Å². The van der Waals surface area contributed by atoms with Crippen LogP contribution in [-0.4, -0.2) is 35.8 Å². The summed E-state index contributed by atoms with van der Waals surface area (Å²) in [6.45, 7) is 4.62. The molecule has 3 rings (SSSR count). The number of hydrogen-bond donors (Lipinski definition) is 0. The summed E-state index contributed by atoms with van der Waals surface area (Å²) in [6, 6.07) is 5.57. The Labute approximate surface area is 171 Å². The SMILES string of the molecule is CC[C@@H](C)Oc1ccc(/C=C2/SC(=O)N(CC3CCCCC3)C2=O)cc1OC. The maximum Gasteiger partial charge on any atom is 0.293 e. The minimum atomic E-state index is -0.181. The van der Waals surface area contributed by atoms with Crippen LogP contribution < -0.4 is 9.47 Å². The van der Waals surface area contributed by atoms with Crippen molar-refractivity contribution in [2.45, 2.75) is 58.5 Å². The van der Waals surface area contributed by atoms with Gasteiger partial charge in [-0.1, -0.05) is 32.3 Å². The van der Waals surface area contributed by atoms with Crippen LogP contribution >= 0.6 is 11.8 Å². The Kier molecular flexibility index (Phi) is 7.05. The van der Waals surface area contributed by atoms with Crippen molar-refractivity contribution in [2.24, 2.45) is 5.92 Å². The van der Waals surface area contributed by atoms with E-state index in [-0.39, 0.29) is 17.3 Å². The van der Waals surface area contributed by atoms with Gasteiger partial charge in [0.1, 0.15) is 0 Å².